The number of amides is 1. The van der Waals surface area contributed by atoms with Crippen LogP contribution in [0.25, 0.3) is 0 Å². The molecule has 5 N–H and O–H groups in total. The van der Waals surface area contributed by atoms with Gasteiger partial charge in [0.15, 0.2) is 0 Å². The van der Waals surface area contributed by atoms with Crippen molar-refractivity contribution in [3.8, 4) is 0 Å². The lowest BCUT2D eigenvalue weighted by Gasteiger charge is -2.19. The number of nitrogens with two attached hydrogens (primary N) is 1. The van der Waals surface area contributed by atoms with Crippen LogP contribution in [0.5, 0.6) is 0 Å². The molecule has 1 heterocycles. The summed E-state index contributed by atoms with van der Waals surface area (Å²) in [6.07, 6.45) is 0. The van der Waals surface area contributed by atoms with Gasteiger partial charge >= 0.3 is 5.69 Å². The molecule has 1 atom stereocenters. The average molecular weight is 412 g/mol. The van der Waals surface area contributed by atoms with E-state index >= 15 is 0 Å². The molecule has 10 heteroatoms. The molecule has 28 heavy (non-hydrogen) atoms. The van der Waals surface area contributed by atoms with Crippen LogP contribution in [-0.2, 0) is 22.6 Å². The Hall–Kier alpha value is -2.62. The van der Waals surface area contributed by atoms with Crippen molar-refractivity contribution in [2.24, 2.45) is 11.7 Å². The third-order valence-corrected chi connectivity index (χ3v) is 4.07. The van der Waals surface area contributed by atoms with Crippen LogP contribution in [0.1, 0.15) is 12.5 Å². The molecule has 9 nitrogen and oxygen atoms in total. The lowest BCUT2D eigenvalue weighted by molar-refractivity contribution is -0.119. The molecule has 1 unspecified atom stereocenters. The van der Waals surface area contributed by atoms with Crippen molar-refractivity contribution in [2.45, 2.75) is 20.0 Å². The maximum Gasteiger partial charge on any atom is 0.330 e. The van der Waals surface area contributed by atoms with E-state index in [2.05, 4.69) is 15.6 Å². The second-order valence-corrected chi connectivity index (χ2v) is 6.09. The third-order valence-electron chi connectivity index (χ3n) is 4.07. The molecule has 0 spiro atoms. The standard InChI is InChI=1S/C18H25N5O4.ClH/c1-12(10-19)16(24)21-15-14(20-11-13-6-4-3-5-7-13)17(25)22-18(26)23(15)8-9-27-2;/h3-7,12,20H,8-11,19H2,1-2H3,(H,21,24)(H,22,25,26);1H. The summed E-state index contributed by atoms with van der Waals surface area (Å²) in [6, 6.07) is 9.45. The van der Waals surface area contributed by atoms with Gasteiger partial charge in [0.1, 0.15) is 11.5 Å². The third kappa shape index (κ3) is 5.95. The highest BCUT2D eigenvalue weighted by atomic mass is 35.5. The predicted molar refractivity (Wildman–Crippen MR) is 111 cm³/mol. The highest BCUT2D eigenvalue weighted by Crippen LogP contribution is 2.17. The smallest absolute Gasteiger partial charge is 0.330 e. The maximum atomic E-state index is 12.4. The highest BCUT2D eigenvalue weighted by molar-refractivity contribution is 5.94. The number of nitrogens with one attached hydrogen (secondary N) is 3. The first-order chi connectivity index (χ1) is 13.0. The summed E-state index contributed by atoms with van der Waals surface area (Å²) in [7, 11) is 1.50. The van der Waals surface area contributed by atoms with Crippen LogP contribution in [0.15, 0.2) is 39.9 Å². The number of carbonyl (C=O) groups excluding carboxylic acids is 1. The first-order valence-corrected chi connectivity index (χ1v) is 8.62. The first kappa shape index (κ1) is 23.4. The largest absolute Gasteiger partial charge is 0.383 e. The van der Waals surface area contributed by atoms with Crippen LogP contribution in [0.3, 0.4) is 0 Å². The van der Waals surface area contributed by atoms with Gasteiger partial charge < -0.3 is 21.1 Å². The highest BCUT2D eigenvalue weighted by Gasteiger charge is 2.19. The summed E-state index contributed by atoms with van der Waals surface area (Å²) in [6.45, 7) is 2.56. The number of hydrogen-bond acceptors (Lipinski definition) is 6. The van der Waals surface area contributed by atoms with Gasteiger partial charge in [-0.1, -0.05) is 37.3 Å². The molecule has 1 aromatic carbocycles. The Morgan fingerprint density at radius 3 is 2.57 bits per heavy atom. The zero-order chi connectivity index (χ0) is 19.8. The van der Waals surface area contributed by atoms with E-state index < -0.39 is 17.2 Å². The maximum absolute atomic E-state index is 12.4. The van der Waals surface area contributed by atoms with E-state index in [0.29, 0.717) is 6.54 Å². The quantitative estimate of drug-likeness (QED) is 0.481. The number of aromatic amines is 1. The van der Waals surface area contributed by atoms with E-state index in [9.17, 15) is 14.4 Å². The van der Waals surface area contributed by atoms with Crippen molar-refractivity contribution in [3.05, 3.63) is 56.7 Å². The number of aromatic nitrogens is 2. The van der Waals surface area contributed by atoms with E-state index in [1.54, 1.807) is 6.92 Å². The minimum atomic E-state index is -0.627. The van der Waals surface area contributed by atoms with Crippen LogP contribution in [0.4, 0.5) is 11.5 Å². The molecule has 0 aliphatic heterocycles. The van der Waals surface area contributed by atoms with Gasteiger partial charge in [0.25, 0.3) is 5.56 Å². The molecule has 1 amide bonds. The number of rotatable bonds is 9. The van der Waals surface area contributed by atoms with Crippen molar-refractivity contribution >= 4 is 29.8 Å². The molecule has 0 aliphatic rings. The molecular weight excluding hydrogens is 386 g/mol. The average Bonchev–Trinajstić information content (AvgIpc) is 2.67. The molecule has 0 saturated carbocycles. The van der Waals surface area contributed by atoms with Gasteiger partial charge in [-0.05, 0) is 5.56 Å². The number of ether oxygens (including phenoxy) is 1. The van der Waals surface area contributed by atoms with Gasteiger partial charge in [0, 0.05) is 26.1 Å². The Labute approximate surface area is 168 Å². The van der Waals surface area contributed by atoms with Crippen LogP contribution in [0.2, 0.25) is 0 Å². The van der Waals surface area contributed by atoms with Crippen LogP contribution >= 0.6 is 12.4 Å². The van der Waals surface area contributed by atoms with Crippen molar-refractivity contribution in [2.75, 3.05) is 30.9 Å². The Bertz CT molecular complexity index is 882. The zero-order valence-electron chi connectivity index (χ0n) is 15.9. The fraction of sp³-hybridized carbons (Fsp3) is 0.389. The van der Waals surface area contributed by atoms with Crippen LogP contribution < -0.4 is 27.6 Å². The summed E-state index contributed by atoms with van der Waals surface area (Å²) < 4.78 is 6.29. The molecule has 2 aromatic rings. The van der Waals surface area contributed by atoms with E-state index in [1.807, 2.05) is 30.3 Å². The van der Waals surface area contributed by atoms with Gasteiger partial charge in [-0.25, -0.2) is 4.79 Å². The van der Waals surface area contributed by atoms with Crippen molar-refractivity contribution in [1.29, 1.82) is 0 Å². The second kappa shape index (κ2) is 11.3. The number of nitrogens with zero attached hydrogens (tertiary/aromatic N) is 1. The summed E-state index contributed by atoms with van der Waals surface area (Å²) in [4.78, 5) is 39.3. The van der Waals surface area contributed by atoms with E-state index in [-0.39, 0.29) is 49.5 Å². The number of benzene rings is 1. The minimum absolute atomic E-state index is 0. The fourth-order valence-corrected chi connectivity index (χ4v) is 2.39. The number of anilines is 2. The van der Waals surface area contributed by atoms with Gasteiger partial charge in [-0.3, -0.25) is 19.1 Å². The van der Waals surface area contributed by atoms with Crippen LogP contribution in [0, 0.1) is 5.92 Å². The number of carbonyl (C=O) groups is 1. The van der Waals surface area contributed by atoms with E-state index in [1.165, 1.54) is 11.7 Å². The lowest BCUT2D eigenvalue weighted by Crippen LogP contribution is -2.37. The normalized spacial score (nSPS) is 11.4. The molecule has 0 saturated heterocycles. The molecule has 0 aliphatic carbocycles. The molecule has 0 fully saturated rings. The summed E-state index contributed by atoms with van der Waals surface area (Å²) in [5.41, 5.74) is 5.35. The van der Waals surface area contributed by atoms with Crippen LogP contribution in [-0.4, -0.2) is 35.7 Å². The second-order valence-electron chi connectivity index (χ2n) is 6.09. The van der Waals surface area contributed by atoms with Gasteiger partial charge in [-0.2, -0.15) is 0 Å². The van der Waals surface area contributed by atoms with Gasteiger partial charge in [0.2, 0.25) is 5.91 Å². The Kier molecular flexibility index (Phi) is 9.43. The first-order valence-electron chi connectivity index (χ1n) is 8.62. The fourth-order valence-electron chi connectivity index (χ4n) is 2.39. The monoisotopic (exact) mass is 411 g/mol. The number of H-pyrrole nitrogens is 1. The van der Waals surface area contributed by atoms with Crippen molar-refractivity contribution < 1.29 is 9.53 Å². The molecular formula is C18H26ClN5O4. The van der Waals surface area contributed by atoms with Gasteiger partial charge in [0.05, 0.1) is 13.2 Å². The molecule has 0 radical (unpaired) electrons. The topological polar surface area (TPSA) is 131 Å². The number of halogens is 1. The molecule has 154 valence electrons. The Morgan fingerprint density at radius 2 is 1.96 bits per heavy atom. The number of methoxy groups -OCH3 is 1. The predicted octanol–water partition coefficient (Wildman–Crippen LogP) is 0.750. The Morgan fingerprint density at radius 1 is 1.29 bits per heavy atom. The number of hydrogen-bond donors (Lipinski definition) is 4. The zero-order valence-corrected chi connectivity index (χ0v) is 16.7. The molecule has 1 aromatic heterocycles. The summed E-state index contributed by atoms with van der Waals surface area (Å²) >= 11 is 0. The minimum Gasteiger partial charge on any atom is -0.383 e. The lowest BCUT2D eigenvalue weighted by atomic mass is 10.1. The SMILES string of the molecule is COCCn1c(NC(=O)C(C)CN)c(NCc2ccccc2)c(=O)[nH]c1=O.Cl. The van der Waals surface area contributed by atoms with Gasteiger partial charge in [-0.15, -0.1) is 12.4 Å². The molecule has 2 rings (SSSR count). The van der Waals surface area contributed by atoms with Crippen molar-refractivity contribution in [1.82, 2.24) is 9.55 Å². The van der Waals surface area contributed by atoms with Crippen molar-refractivity contribution in [3.63, 3.8) is 0 Å². The van der Waals surface area contributed by atoms with E-state index in [0.717, 1.165) is 5.56 Å². The molecule has 0 bridgehead atoms. The summed E-state index contributed by atoms with van der Waals surface area (Å²) in [5, 5.41) is 5.68. The summed E-state index contributed by atoms with van der Waals surface area (Å²) in [5.74, 6) is -0.754. The Balaban J connectivity index is 0.00000392. The van der Waals surface area contributed by atoms with E-state index in [4.69, 9.17) is 10.5 Å².